The summed E-state index contributed by atoms with van der Waals surface area (Å²) >= 11 is 0. The molecule has 0 N–H and O–H groups in total. The maximum absolute atomic E-state index is 2.55. The first-order valence-corrected chi connectivity index (χ1v) is 28.8. The first-order chi connectivity index (χ1) is 40.5. The van der Waals surface area contributed by atoms with E-state index in [9.17, 15) is 0 Å². The standard InChI is InChI=1S/C80H52N2/c1-81-74-41-15-13-37-70(74)79(66-33-9-5-23-56(66)57-24-6-10-34-67(57)79)72-39-19-31-62(77(72)81)54-27-17-29-60-64(54)48-65-55(28-18-30-61(65)76(60)52-44-43-51-45-49-21-3-4-22-50(49)46-53(51)47-52)63-32-20-40-73-78(63)82(2)75-42-16-14-38-71(75)80(73)68-35-11-7-25-58(68)59-26-8-12-36-69(59)80/h3-48H,1-2H3. The van der Waals surface area contributed by atoms with E-state index in [4.69, 9.17) is 0 Å². The highest BCUT2D eigenvalue weighted by molar-refractivity contribution is 6.21. The van der Waals surface area contributed by atoms with Crippen LogP contribution in [0.2, 0.25) is 0 Å². The van der Waals surface area contributed by atoms with E-state index in [0.717, 1.165) is 0 Å². The van der Waals surface area contributed by atoms with Crippen LogP contribution in [-0.2, 0) is 10.8 Å². The van der Waals surface area contributed by atoms with Crippen LogP contribution < -0.4 is 9.80 Å². The Labute approximate surface area is 477 Å². The Morgan fingerprint density at radius 1 is 0.232 bits per heavy atom. The largest absolute Gasteiger partial charge is 0.344 e. The summed E-state index contributed by atoms with van der Waals surface area (Å²) in [5.74, 6) is 0. The Morgan fingerprint density at radius 2 is 0.573 bits per heavy atom. The summed E-state index contributed by atoms with van der Waals surface area (Å²) in [6.07, 6.45) is 0. The molecule has 0 saturated heterocycles. The Kier molecular flexibility index (Phi) is 9.25. The summed E-state index contributed by atoms with van der Waals surface area (Å²) in [7, 11) is 4.56. The van der Waals surface area contributed by atoms with Crippen molar-refractivity contribution in [2.45, 2.75) is 10.8 Å². The Morgan fingerprint density at radius 3 is 1.04 bits per heavy atom. The number of benzene rings is 14. The molecule has 4 aliphatic rings. The fourth-order valence-electron chi connectivity index (χ4n) is 16.2. The smallest absolute Gasteiger partial charge is 0.0754 e. The van der Waals surface area contributed by atoms with Gasteiger partial charge in [-0.1, -0.05) is 243 Å². The summed E-state index contributed by atoms with van der Waals surface area (Å²) in [6, 6.07) is 106. The average molecular weight is 1040 g/mol. The lowest BCUT2D eigenvalue weighted by molar-refractivity contribution is 0.749. The van der Waals surface area contributed by atoms with Crippen molar-refractivity contribution in [3.8, 4) is 55.6 Å². The monoisotopic (exact) mass is 1040 g/mol. The van der Waals surface area contributed by atoms with Crippen molar-refractivity contribution in [3.63, 3.8) is 0 Å². The predicted octanol–water partition coefficient (Wildman–Crippen LogP) is 20.2. The molecule has 14 aromatic rings. The van der Waals surface area contributed by atoms with Crippen LogP contribution in [0.15, 0.2) is 279 Å². The van der Waals surface area contributed by atoms with Crippen molar-refractivity contribution in [1.82, 2.24) is 0 Å². The Hall–Kier alpha value is -10.3. The van der Waals surface area contributed by atoms with Gasteiger partial charge in [-0.2, -0.15) is 0 Å². The molecule has 2 heterocycles. The van der Waals surface area contributed by atoms with Gasteiger partial charge in [0.15, 0.2) is 0 Å². The quantitative estimate of drug-likeness (QED) is 0.163. The number of fused-ring (bicyclic) bond motifs is 22. The zero-order valence-electron chi connectivity index (χ0n) is 45.5. The van der Waals surface area contributed by atoms with Crippen LogP contribution in [0, 0.1) is 0 Å². The Balaban J connectivity index is 0.947. The van der Waals surface area contributed by atoms with E-state index in [1.807, 2.05) is 0 Å². The third kappa shape index (κ3) is 5.73. The van der Waals surface area contributed by atoms with Crippen LogP contribution in [0.4, 0.5) is 22.7 Å². The van der Waals surface area contributed by atoms with Crippen LogP contribution in [0.1, 0.15) is 44.5 Å². The third-order valence-corrected chi connectivity index (χ3v) is 19.4. The van der Waals surface area contributed by atoms with Gasteiger partial charge in [0.2, 0.25) is 0 Å². The number of hydrogen-bond acceptors (Lipinski definition) is 2. The van der Waals surface area contributed by atoms with Crippen LogP contribution in [0.3, 0.4) is 0 Å². The summed E-state index contributed by atoms with van der Waals surface area (Å²) in [5, 5.41) is 9.85. The minimum Gasteiger partial charge on any atom is -0.344 e. The van der Waals surface area contributed by atoms with Gasteiger partial charge in [-0.15, -0.1) is 0 Å². The molecule has 18 rings (SSSR count). The van der Waals surface area contributed by atoms with Crippen LogP contribution in [0.5, 0.6) is 0 Å². The summed E-state index contributed by atoms with van der Waals surface area (Å²) in [6.45, 7) is 0. The summed E-state index contributed by atoms with van der Waals surface area (Å²) in [4.78, 5) is 4.96. The van der Waals surface area contributed by atoms with Crippen molar-refractivity contribution in [2.24, 2.45) is 0 Å². The van der Waals surface area contributed by atoms with E-state index >= 15 is 0 Å². The van der Waals surface area contributed by atoms with E-state index in [1.165, 1.54) is 166 Å². The van der Waals surface area contributed by atoms with Gasteiger partial charge in [-0.3, -0.25) is 0 Å². The number of hydrogen-bond donors (Lipinski definition) is 0. The number of anilines is 4. The van der Waals surface area contributed by atoms with Crippen molar-refractivity contribution in [3.05, 3.63) is 324 Å². The van der Waals surface area contributed by atoms with Crippen LogP contribution >= 0.6 is 0 Å². The lowest BCUT2D eigenvalue weighted by Gasteiger charge is -2.44. The van der Waals surface area contributed by atoms with E-state index in [2.05, 4.69) is 303 Å². The summed E-state index contributed by atoms with van der Waals surface area (Å²) < 4.78 is 0. The Bertz CT molecular complexity index is 4770. The second kappa shape index (κ2) is 16.6. The molecule has 0 fully saturated rings. The minimum absolute atomic E-state index is 0.527. The normalized spacial score (nSPS) is 14.4. The molecule has 0 atom stereocenters. The van der Waals surface area contributed by atoms with E-state index in [1.54, 1.807) is 0 Å². The molecular formula is C80H52N2. The lowest BCUT2D eigenvalue weighted by Crippen LogP contribution is -2.36. The second-order valence-corrected chi connectivity index (χ2v) is 23.1. The van der Waals surface area contributed by atoms with Gasteiger partial charge in [0.05, 0.1) is 22.2 Å². The molecule has 14 aromatic carbocycles. The second-order valence-electron chi connectivity index (χ2n) is 23.1. The fraction of sp³-hybridized carbons (Fsp3) is 0.0500. The maximum atomic E-state index is 2.55. The van der Waals surface area contributed by atoms with Gasteiger partial charge in [0.25, 0.3) is 0 Å². The topological polar surface area (TPSA) is 6.48 Å². The van der Waals surface area contributed by atoms with Crippen LogP contribution in [0.25, 0.3) is 98.7 Å². The van der Waals surface area contributed by atoms with Crippen molar-refractivity contribution in [2.75, 3.05) is 23.9 Å². The van der Waals surface area contributed by atoms with Gasteiger partial charge in [-0.25, -0.2) is 0 Å². The minimum atomic E-state index is -0.527. The third-order valence-electron chi connectivity index (χ3n) is 19.4. The molecule has 0 aromatic heterocycles. The van der Waals surface area contributed by atoms with Crippen molar-refractivity contribution in [1.29, 1.82) is 0 Å². The van der Waals surface area contributed by atoms with Gasteiger partial charge in [-0.05, 0) is 169 Å². The first-order valence-electron chi connectivity index (χ1n) is 28.8. The molecule has 382 valence electrons. The zero-order chi connectivity index (χ0) is 54.0. The number of nitrogens with zero attached hydrogens (tertiary/aromatic N) is 2. The molecule has 0 radical (unpaired) electrons. The highest BCUT2D eigenvalue weighted by Crippen LogP contribution is 2.66. The molecular weight excluding hydrogens is 989 g/mol. The zero-order valence-corrected chi connectivity index (χ0v) is 45.5. The summed E-state index contributed by atoms with van der Waals surface area (Å²) in [5.41, 5.74) is 26.9. The van der Waals surface area contributed by atoms with Gasteiger partial charge in [0, 0.05) is 36.6 Å². The number of para-hydroxylation sites is 4. The van der Waals surface area contributed by atoms with E-state index < -0.39 is 10.8 Å². The van der Waals surface area contributed by atoms with Gasteiger partial charge in [0.1, 0.15) is 0 Å². The van der Waals surface area contributed by atoms with Crippen molar-refractivity contribution >= 4 is 65.8 Å². The molecule has 82 heavy (non-hydrogen) atoms. The molecule has 2 aliphatic heterocycles. The fourth-order valence-corrected chi connectivity index (χ4v) is 16.2. The molecule has 0 saturated carbocycles. The molecule has 2 heteroatoms. The molecule has 0 unspecified atom stereocenters. The first kappa shape index (κ1) is 45.6. The SMILES string of the molecule is CN1c2ccccc2C2(c3ccccc3-c3ccccc32)c2cccc(-c3cccc4c(-c5ccc6cc7ccccc7cc6c5)c5cccc(-c6cccc7c6N(C)c6ccccc6C76c7ccccc7-c7ccccc76)c5cc34)c21. The highest BCUT2D eigenvalue weighted by atomic mass is 15.1. The maximum Gasteiger partial charge on any atom is 0.0754 e. The van der Waals surface area contributed by atoms with E-state index in [0.29, 0.717) is 0 Å². The lowest BCUT2D eigenvalue weighted by atomic mass is 9.64. The molecule has 0 amide bonds. The van der Waals surface area contributed by atoms with Crippen molar-refractivity contribution < 1.29 is 0 Å². The van der Waals surface area contributed by atoms with E-state index in [-0.39, 0.29) is 0 Å². The molecule has 2 nitrogen and oxygen atoms in total. The average Bonchev–Trinajstić information content (AvgIpc) is 3.14. The molecule has 0 bridgehead atoms. The number of rotatable bonds is 3. The molecule has 2 spiro atoms. The van der Waals surface area contributed by atoms with Gasteiger partial charge >= 0.3 is 0 Å². The predicted molar refractivity (Wildman–Crippen MR) is 344 cm³/mol. The van der Waals surface area contributed by atoms with Gasteiger partial charge < -0.3 is 9.80 Å². The molecule has 2 aliphatic carbocycles. The highest BCUT2D eigenvalue weighted by Gasteiger charge is 2.53. The van der Waals surface area contributed by atoms with Crippen LogP contribution in [-0.4, -0.2) is 14.1 Å².